The Morgan fingerprint density at radius 2 is 1.68 bits per heavy atom. The highest BCUT2D eigenvalue weighted by molar-refractivity contribution is 6.00. The van der Waals surface area contributed by atoms with Crippen molar-refractivity contribution in [2.24, 2.45) is 0 Å². The van der Waals surface area contributed by atoms with E-state index in [-0.39, 0.29) is 0 Å². The van der Waals surface area contributed by atoms with Crippen molar-refractivity contribution in [1.82, 2.24) is 15.0 Å². The van der Waals surface area contributed by atoms with Crippen molar-refractivity contribution in [3.05, 3.63) is 59.4 Å². The molecule has 2 heterocycles. The van der Waals surface area contributed by atoms with E-state index in [0.717, 1.165) is 61.9 Å². The van der Waals surface area contributed by atoms with E-state index in [9.17, 15) is 0 Å². The molecule has 0 saturated carbocycles. The molecule has 0 amide bonds. The Morgan fingerprint density at radius 1 is 0.882 bits per heavy atom. The van der Waals surface area contributed by atoms with Crippen LogP contribution in [0.2, 0.25) is 0 Å². The lowest BCUT2D eigenvalue weighted by Gasteiger charge is -2.17. The summed E-state index contributed by atoms with van der Waals surface area (Å²) >= 11 is 0. The summed E-state index contributed by atoms with van der Waals surface area (Å²) in [5.41, 5.74) is 5.64. The summed E-state index contributed by atoms with van der Waals surface area (Å²) in [6.07, 6.45) is 1.56. The van der Waals surface area contributed by atoms with Gasteiger partial charge in [0, 0.05) is 41.7 Å². The lowest BCUT2D eigenvalue weighted by Crippen LogP contribution is -2.06. The number of hydrogen-bond donors (Lipinski definition) is 2. The van der Waals surface area contributed by atoms with Crippen molar-refractivity contribution in [2.45, 2.75) is 20.4 Å². The highest BCUT2D eigenvalue weighted by atomic mass is 16.5. The number of aryl methyl sites for hydroxylation is 1. The second-order valence-corrected chi connectivity index (χ2v) is 7.84. The number of pyridine rings is 1. The average Bonchev–Trinajstić information content (AvgIpc) is 2.87. The van der Waals surface area contributed by atoms with E-state index in [4.69, 9.17) is 19.2 Å². The summed E-state index contributed by atoms with van der Waals surface area (Å²) in [6, 6.07) is 11.7. The van der Waals surface area contributed by atoms with E-state index < -0.39 is 0 Å². The molecule has 2 aromatic heterocycles. The Hall–Kier alpha value is -4.07. The molecule has 8 nitrogen and oxygen atoms in total. The van der Waals surface area contributed by atoms with Crippen LogP contribution in [0.25, 0.3) is 22.2 Å². The van der Waals surface area contributed by atoms with Crippen LogP contribution in [0.5, 0.6) is 17.2 Å². The highest BCUT2D eigenvalue weighted by Crippen LogP contribution is 2.37. The molecule has 0 aliphatic carbocycles. The highest BCUT2D eigenvalue weighted by Gasteiger charge is 2.18. The Kier molecular flexibility index (Phi) is 6.67. The Bertz CT molecular complexity index is 1340. The number of hydrogen-bond acceptors (Lipinski definition) is 8. The molecule has 2 N–H and O–H groups in total. The lowest BCUT2D eigenvalue weighted by molar-refractivity contribution is 0.391. The topological polar surface area (TPSA) is 90.4 Å². The van der Waals surface area contributed by atoms with Crippen molar-refractivity contribution in [3.63, 3.8) is 0 Å². The summed E-state index contributed by atoms with van der Waals surface area (Å²) in [7, 11) is 6.81. The third-order valence-corrected chi connectivity index (χ3v) is 5.90. The number of benzene rings is 2. The van der Waals surface area contributed by atoms with Gasteiger partial charge < -0.3 is 24.8 Å². The van der Waals surface area contributed by atoms with Crippen LogP contribution in [0, 0.1) is 13.8 Å². The first kappa shape index (κ1) is 23.1. The molecule has 0 radical (unpaired) electrons. The minimum atomic E-state index is 0.517. The number of anilines is 2. The summed E-state index contributed by atoms with van der Waals surface area (Å²) in [5.74, 6) is 3.73. The van der Waals surface area contributed by atoms with E-state index in [0.29, 0.717) is 12.4 Å². The minimum absolute atomic E-state index is 0.517. The van der Waals surface area contributed by atoms with E-state index in [1.54, 1.807) is 27.7 Å². The average molecular weight is 460 g/mol. The number of fused-ring (bicyclic) bond motifs is 1. The molecule has 0 unspecified atom stereocenters. The first-order valence-corrected chi connectivity index (χ1v) is 10.9. The quantitative estimate of drug-likeness (QED) is 0.381. The van der Waals surface area contributed by atoms with Crippen LogP contribution in [0.1, 0.15) is 16.7 Å². The van der Waals surface area contributed by atoms with Gasteiger partial charge in [-0.05, 0) is 43.7 Å². The monoisotopic (exact) mass is 459 g/mol. The molecule has 0 aliphatic rings. The fourth-order valence-corrected chi connectivity index (χ4v) is 4.10. The predicted molar refractivity (Wildman–Crippen MR) is 135 cm³/mol. The zero-order valence-corrected chi connectivity index (χ0v) is 20.3. The molecule has 0 fully saturated rings. The van der Waals surface area contributed by atoms with Crippen molar-refractivity contribution < 1.29 is 14.2 Å². The summed E-state index contributed by atoms with van der Waals surface area (Å²) < 4.78 is 16.4. The number of rotatable bonds is 8. The SMILES string of the molecule is CNc1cc2c(NCc3ccc(OC)cc3OC)ncnc2c(-c2c(C)ccc(OC)c2C)n1. The number of ether oxygens (including phenoxy) is 3. The zero-order chi connectivity index (χ0) is 24.2. The van der Waals surface area contributed by atoms with Crippen LogP contribution in [0.15, 0.2) is 42.7 Å². The molecule has 0 bridgehead atoms. The molecule has 0 aliphatic heterocycles. The van der Waals surface area contributed by atoms with Crippen molar-refractivity contribution >= 4 is 22.5 Å². The van der Waals surface area contributed by atoms with E-state index in [1.807, 2.05) is 50.4 Å². The molecule has 176 valence electrons. The van der Waals surface area contributed by atoms with Crippen molar-refractivity contribution in [1.29, 1.82) is 0 Å². The van der Waals surface area contributed by atoms with Gasteiger partial charge in [-0.2, -0.15) is 0 Å². The Labute approximate surface area is 199 Å². The number of methoxy groups -OCH3 is 3. The third-order valence-electron chi connectivity index (χ3n) is 5.90. The molecular formula is C26H29N5O3. The molecule has 8 heteroatoms. The van der Waals surface area contributed by atoms with Crippen molar-refractivity contribution in [2.75, 3.05) is 39.0 Å². The minimum Gasteiger partial charge on any atom is -0.497 e. The molecule has 2 aromatic carbocycles. The second kappa shape index (κ2) is 9.82. The van der Waals surface area contributed by atoms with Crippen LogP contribution in [-0.4, -0.2) is 43.3 Å². The standard InChI is InChI=1S/C26H29N5O3/c1-15-7-10-20(33-5)16(2)23(15)25-24-19(12-22(27-3)31-25)26(30-14-29-24)28-13-17-8-9-18(32-4)11-21(17)34-6/h7-12,14H,13H2,1-6H3,(H,27,31)(H,28,29,30). The Balaban J connectivity index is 1.82. The molecule has 0 saturated heterocycles. The predicted octanol–water partition coefficient (Wildman–Crippen LogP) is 4.99. The Morgan fingerprint density at radius 3 is 2.38 bits per heavy atom. The van der Waals surface area contributed by atoms with Gasteiger partial charge in [0.15, 0.2) is 0 Å². The van der Waals surface area contributed by atoms with Gasteiger partial charge in [-0.1, -0.05) is 6.07 Å². The molecule has 4 aromatic rings. The smallest absolute Gasteiger partial charge is 0.137 e. The number of nitrogens with zero attached hydrogens (tertiary/aromatic N) is 3. The zero-order valence-electron chi connectivity index (χ0n) is 20.3. The van der Waals surface area contributed by atoms with Gasteiger partial charge >= 0.3 is 0 Å². The maximum absolute atomic E-state index is 5.57. The van der Waals surface area contributed by atoms with Gasteiger partial charge in [-0.3, -0.25) is 0 Å². The number of aromatic nitrogens is 3. The van der Waals surface area contributed by atoms with E-state index in [2.05, 4.69) is 27.5 Å². The normalized spacial score (nSPS) is 10.8. The second-order valence-electron chi connectivity index (χ2n) is 7.84. The maximum Gasteiger partial charge on any atom is 0.137 e. The third kappa shape index (κ3) is 4.26. The van der Waals surface area contributed by atoms with Gasteiger partial charge in [0.2, 0.25) is 0 Å². The van der Waals surface area contributed by atoms with Crippen LogP contribution in [-0.2, 0) is 6.54 Å². The first-order chi connectivity index (χ1) is 16.5. The van der Waals surface area contributed by atoms with E-state index in [1.165, 1.54) is 0 Å². The largest absolute Gasteiger partial charge is 0.497 e. The summed E-state index contributed by atoms with van der Waals surface area (Å²) in [6.45, 7) is 4.62. The summed E-state index contributed by atoms with van der Waals surface area (Å²) in [4.78, 5) is 14.0. The van der Waals surface area contributed by atoms with E-state index >= 15 is 0 Å². The molecular weight excluding hydrogens is 430 g/mol. The first-order valence-electron chi connectivity index (χ1n) is 10.9. The van der Waals surface area contributed by atoms with Gasteiger partial charge in [0.25, 0.3) is 0 Å². The fraction of sp³-hybridized carbons (Fsp3) is 0.269. The molecule has 0 atom stereocenters. The molecule has 34 heavy (non-hydrogen) atoms. The maximum atomic E-state index is 5.57. The number of nitrogens with one attached hydrogen (secondary N) is 2. The van der Waals surface area contributed by atoms with Gasteiger partial charge in [0.05, 0.1) is 27.0 Å². The summed E-state index contributed by atoms with van der Waals surface area (Å²) in [5, 5.41) is 7.48. The van der Waals surface area contributed by atoms with Crippen LogP contribution < -0.4 is 24.8 Å². The van der Waals surface area contributed by atoms with Gasteiger partial charge in [-0.25, -0.2) is 15.0 Å². The lowest BCUT2D eigenvalue weighted by atomic mass is 9.97. The van der Waals surface area contributed by atoms with Crippen molar-refractivity contribution in [3.8, 4) is 28.5 Å². The van der Waals surface area contributed by atoms with Gasteiger partial charge in [-0.15, -0.1) is 0 Å². The molecule has 0 spiro atoms. The van der Waals surface area contributed by atoms with Crippen LogP contribution >= 0.6 is 0 Å². The molecule has 4 rings (SSSR count). The van der Waals surface area contributed by atoms with Gasteiger partial charge in [0.1, 0.15) is 40.7 Å². The fourth-order valence-electron chi connectivity index (χ4n) is 4.10. The van der Waals surface area contributed by atoms with Crippen LogP contribution in [0.4, 0.5) is 11.6 Å². The van der Waals surface area contributed by atoms with Crippen LogP contribution in [0.3, 0.4) is 0 Å².